The van der Waals surface area contributed by atoms with E-state index in [4.69, 9.17) is 0 Å². The van der Waals surface area contributed by atoms with Gasteiger partial charge < -0.3 is 21.3 Å². The molecule has 2 heterocycles. The van der Waals surface area contributed by atoms with Crippen LogP contribution in [0, 0.1) is 0 Å². The standard InChI is InChI=1S/C22H18F3N5O2/c1-26-21(32)14-4-2-3-5-17(14)29-18-10-19(27-11-15(18)22(23,24)25)28-13-6-7-16-12(8-13)9-20(31)30-16/h2-8,10-11H,9H2,1H3,(H,26,32)(H,30,31)(H2,27,28,29). The molecule has 1 aromatic heterocycles. The second-order valence-corrected chi connectivity index (χ2v) is 7.08. The van der Waals surface area contributed by atoms with Gasteiger partial charge in [-0.3, -0.25) is 9.59 Å². The Bertz CT molecular complexity index is 1210. The fourth-order valence-corrected chi connectivity index (χ4v) is 3.38. The number of benzene rings is 2. The Morgan fingerprint density at radius 3 is 2.59 bits per heavy atom. The van der Waals surface area contributed by atoms with Crippen LogP contribution in [0.25, 0.3) is 0 Å². The molecule has 7 nitrogen and oxygen atoms in total. The summed E-state index contributed by atoms with van der Waals surface area (Å²) in [6.45, 7) is 0. The van der Waals surface area contributed by atoms with Gasteiger partial charge in [0.25, 0.3) is 5.91 Å². The Labute approximate surface area is 181 Å². The summed E-state index contributed by atoms with van der Waals surface area (Å²) in [6.07, 6.45) is -3.70. The van der Waals surface area contributed by atoms with Crippen molar-refractivity contribution in [2.75, 3.05) is 23.0 Å². The van der Waals surface area contributed by atoms with Crippen LogP contribution in [0.3, 0.4) is 0 Å². The zero-order valence-electron chi connectivity index (χ0n) is 16.8. The molecule has 0 spiro atoms. The summed E-state index contributed by atoms with van der Waals surface area (Å²) < 4.78 is 40.8. The van der Waals surface area contributed by atoms with E-state index in [1.54, 1.807) is 30.3 Å². The van der Waals surface area contributed by atoms with Gasteiger partial charge in [-0.05, 0) is 35.9 Å². The molecule has 2 amide bonds. The summed E-state index contributed by atoms with van der Waals surface area (Å²) in [4.78, 5) is 27.5. The van der Waals surface area contributed by atoms with Crippen molar-refractivity contribution in [2.45, 2.75) is 12.6 Å². The molecule has 0 unspecified atom stereocenters. The van der Waals surface area contributed by atoms with Crippen LogP contribution >= 0.6 is 0 Å². The Balaban J connectivity index is 1.68. The lowest BCUT2D eigenvalue weighted by Crippen LogP contribution is -2.19. The van der Waals surface area contributed by atoms with E-state index in [9.17, 15) is 22.8 Å². The highest BCUT2D eigenvalue weighted by Gasteiger charge is 2.34. The maximum Gasteiger partial charge on any atom is 0.419 e. The summed E-state index contributed by atoms with van der Waals surface area (Å²) >= 11 is 0. The number of rotatable bonds is 5. The number of halogens is 3. The fraction of sp³-hybridized carbons (Fsp3) is 0.136. The van der Waals surface area contributed by atoms with Crippen LogP contribution in [0.1, 0.15) is 21.5 Å². The van der Waals surface area contributed by atoms with Gasteiger partial charge in [0.15, 0.2) is 0 Å². The van der Waals surface area contributed by atoms with Crippen molar-refractivity contribution in [3.05, 3.63) is 71.4 Å². The van der Waals surface area contributed by atoms with Crippen molar-refractivity contribution in [1.29, 1.82) is 0 Å². The third-order valence-corrected chi connectivity index (χ3v) is 4.88. The molecule has 0 radical (unpaired) electrons. The highest BCUT2D eigenvalue weighted by Crippen LogP contribution is 2.38. The first kappa shape index (κ1) is 21.2. The second-order valence-electron chi connectivity index (χ2n) is 7.08. The number of nitrogens with zero attached hydrogens (tertiary/aromatic N) is 1. The quantitative estimate of drug-likeness (QED) is 0.470. The van der Waals surface area contributed by atoms with Crippen LogP contribution in [0.4, 0.5) is 41.7 Å². The summed E-state index contributed by atoms with van der Waals surface area (Å²) in [5.41, 5.74) is 1.24. The van der Waals surface area contributed by atoms with Gasteiger partial charge in [-0.1, -0.05) is 12.1 Å². The van der Waals surface area contributed by atoms with E-state index < -0.39 is 17.6 Å². The van der Waals surface area contributed by atoms with Crippen molar-refractivity contribution in [2.24, 2.45) is 0 Å². The van der Waals surface area contributed by atoms with Crippen molar-refractivity contribution < 1.29 is 22.8 Å². The molecule has 0 fully saturated rings. The van der Waals surface area contributed by atoms with E-state index in [1.165, 1.54) is 25.2 Å². The first-order chi connectivity index (χ1) is 15.2. The topological polar surface area (TPSA) is 95.2 Å². The molecular weight excluding hydrogens is 423 g/mol. The SMILES string of the molecule is CNC(=O)c1ccccc1Nc1cc(Nc2ccc3c(c2)CC(=O)N3)ncc1C(F)(F)F. The average Bonchev–Trinajstić information content (AvgIpc) is 3.12. The number of hydrogen-bond acceptors (Lipinski definition) is 5. The lowest BCUT2D eigenvalue weighted by molar-refractivity contribution is -0.137. The molecule has 1 aliphatic heterocycles. The molecule has 3 aromatic rings. The zero-order chi connectivity index (χ0) is 22.9. The van der Waals surface area contributed by atoms with Crippen molar-refractivity contribution in [3.63, 3.8) is 0 Å². The van der Waals surface area contributed by atoms with Crippen LogP contribution in [-0.2, 0) is 17.4 Å². The van der Waals surface area contributed by atoms with E-state index in [2.05, 4.69) is 26.3 Å². The van der Waals surface area contributed by atoms with Crippen LogP contribution in [0.5, 0.6) is 0 Å². The Kier molecular flexibility index (Phi) is 5.43. The third-order valence-electron chi connectivity index (χ3n) is 4.88. The van der Waals surface area contributed by atoms with Crippen LogP contribution in [-0.4, -0.2) is 23.8 Å². The minimum atomic E-state index is -4.66. The summed E-state index contributed by atoms with van der Waals surface area (Å²) in [5, 5.41) is 10.9. The Morgan fingerprint density at radius 2 is 1.84 bits per heavy atom. The summed E-state index contributed by atoms with van der Waals surface area (Å²) in [6, 6.07) is 12.6. The second kappa shape index (κ2) is 8.22. The molecule has 1 aliphatic rings. The molecule has 10 heteroatoms. The zero-order valence-corrected chi connectivity index (χ0v) is 16.8. The minimum Gasteiger partial charge on any atom is -0.355 e. The van der Waals surface area contributed by atoms with Gasteiger partial charge in [0.05, 0.1) is 28.9 Å². The van der Waals surface area contributed by atoms with Gasteiger partial charge in [-0.2, -0.15) is 13.2 Å². The van der Waals surface area contributed by atoms with Crippen molar-refractivity contribution in [3.8, 4) is 0 Å². The van der Waals surface area contributed by atoms with Crippen LogP contribution in [0.15, 0.2) is 54.7 Å². The van der Waals surface area contributed by atoms with E-state index in [-0.39, 0.29) is 35.1 Å². The number of fused-ring (bicyclic) bond motifs is 1. The number of carbonyl (C=O) groups is 2. The molecule has 164 valence electrons. The fourth-order valence-electron chi connectivity index (χ4n) is 3.38. The van der Waals surface area contributed by atoms with Gasteiger partial charge in [0.1, 0.15) is 5.82 Å². The number of para-hydroxylation sites is 1. The lowest BCUT2D eigenvalue weighted by atomic mass is 10.1. The normalized spacial score (nSPS) is 12.7. The third kappa shape index (κ3) is 4.34. The average molecular weight is 441 g/mol. The molecule has 0 aliphatic carbocycles. The molecule has 0 saturated carbocycles. The first-order valence-corrected chi connectivity index (χ1v) is 9.60. The number of nitrogens with one attached hydrogen (secondary N) is 4. The Morgan fingerprint density at radius 1 is 1.06 bits per heavy atom. The monoisotopic (exact) mass is 441 g/mol. The minimum absolute atomic E-state index is 0.119. The molecule has 32 heavy (non-hydrogen) atoms. The summed E-state index contributed by atoms with van der Waals surface area (Å²) in [7, 11) is 1.44. The molecule has 2 aromatic carbocycles. The lowest BCUT2D eigenvalue weighted by Gasteiger charge is -2.17. The first-order valence-electron chi connectivity index (χ1n) is 9.60. The molecule has 0 atom stereocenters. The van der Waals surface area contributed by atoms with Gasteiger partial charge in [0, 0.05) is 30.7 Å². The van der Waals surface area contributed by atoms with E-state index in [0.29, 0.717) is 11.4 Å². The summed E-state index contributed by atoms with van der Waals surface area (Å²) in [5.74, 6) is -0.392. The molecular formula is C22H18F3N5O2. The number of aromatic nitrogens is 1. The van der Waals surface area contributed by atoms with Gasteiger partial charge >= 0.3 is 6.18 Å². The number of hydrogen-bond donors (Lipinski definition) is 4. The van der Waals surface area contributed by atoms with Crippen LogP contribution < -0.4 is 21.3 Å². The molecule has 0 bridgehead atoms. The number of amides is 2. The molecule has 4 rings (SSSR count). The molecule has 0 saturated heterocycles. The van der Waals surface area contributed by atoms with E-state index in [1.807, 2.05) is 0 Å². The smallest absolute Gasteiger partial charge is 0.355 e. The van der Waals surface area contributed by atoms with Gasteiger partial charge in [-0.15, -0.1) is 0 Å². The number of anilines is 5. The van der Waals surface area contributed by atoms with Crippen molar-refractivity contribution >= 4 is 40.4 Å². The van der Waals surface area contributed by atoms with Gasteiger partial charge in [-0.25, -0.2) is 4.98 Å². The number of carbonyl (C=O) groups excluding carboxylic acids is 2. The predicted molar refractivity (Wildman–Crippen MR) is 114 cm³/mol. The maximum absolute atomic E-state index is 13.6. The molecule has 4 N–H and O–H groups in total. The largest absolute Gasteiger partial charge is 0.419 e. The maximum atomic E-state index is 13.6. The van der Waals surface area contributed by atoms with Gasteiger partial charge in [0.2, 0.25) is 5.91 Å². The van der Waals surface area contributed by atoms with Crippen LogP contribution in [0.2, 0.25) is 0 Å². The predicted octanol–water partition coefficient (Wildman–Crippen LogP) is 4.44. The van der Waals surface area contributed by atoms with Crippen molar-refractivity contribution in [1.82, 2.24) is 10.3 Å². The van der Waals surface area contributed by atoms with E-state index in [0.717, 1.165) is 11.8 Å². The number of alkyl halides is 3. The number of pyridine rings is 1. The Hall–Kier alpha value is -4.08. The van der Waals surface area contributed by atoms with E-state index >= 15 is 0 Å². The highest BCUT2D eigenvalue weighted by atomic mass is 19.4. The highest BCUT2D eigenvalue weighted by molar-refractivity contribution is 6.00.